The van der Waals surface area contributed by atoms with Crippen LogP contribution < -0.4 is 5.73 Å². The molecule has 0 spiro atoms. The van der Waals surface area contributed by atoms with E-state index in [-0.39, 0.29) is 15.8 Å². The van der Waals surface area contributed by atoms with Crippen LogP contribution in [0.4, 0.5) is 0 Å². The van der Waals surface area contributed by atoms with E-state index in [0.29, 0.717) is 12.1 Å². The number of hydrogen-bond donors (Lipinski definition) is 1. The minimum absolute atomic E-state index is 0.0486. The fourth-order valence-electron chi connectivity index (χ4n) is 0.633. The van der Waals surface area contributed by atoms with Crippen LogP contribution in [-0.2, 0) is 4.79 Å². The third-order valence-electron chi connectivity index (χ3n) is 1.20. The topological polar surface area (TPSA) is 43.1 Å². The number of Topliss-reactive ketones (excluding diaryl/α,β-unsaturated/α-hetero) is 1. The zero-order valence-electron chi connectivity index (χ0n) is 5.03. The van der Waals surface area contributed by atoms with Crippen LogP contribution in [0.2, 0.25) is 0 Å². The molecule has 0 bridgehead atoms. The third-order valence-corrected chi connectivity index (χ3v) is 1.94. The Bertz CT molecular complexity index is 242. The Morgan fingerprint density at radius 2 is 2.10 bits per heavy atom. The summed E-state index contributed by atoms with van der Waals surface area (Å²) in [4.78, 5) is 10.9. The van der Waals surface area contributed by atoms with Crippen LogP contribution >= 0.6 is 23.2 Å². The Labute approximate surface area is 68.3 Å². The van der Waals surface area contributed by atoms with Crippen LogP contribution in [0.25, 0.3) is 0 Å². The summed E-state index contributed by atoms with van der Waals surface area (Å²) in [6.07, 6.45) is 2.01. The molecule has 1 aliphatic carbocycles. The van der Waals surface area contributed by atoms with Gasteiger partial charge >= 0.3 is 0 Å². The van der Waals surface area contributed by atoms with Gasteiger partial charge in [-0.15, -0.1) is 0 Å². The highest BCUT2D eigenvalue weighted by atomic mass is 35.5. The van der Waals surface area contributed by atoms with Crippen LogP contribution in [0.5, 0.6) is 0 Å². The van der Waals surface area contributed by atoms with Gasteiger partial charge in [0.1, 0.15) is 5.03 Å². The molecule has 2 N–H and O–H groups in total. The molecular weight excluding hydrogens is 173 g/mol. The van der Waals surface area contributed by atoms with Crippen LogP contribution in [0.3, 0.4) is 0 Å². The smallest absolute Gasteiger partial charge is 0.217 e. The van der Waals surface area contributed by atoms with E-state index in [2.05, 4.69) is 0 Å². The second-order valence-corrected chi connectivity index (χ2v) is 2.71. The lowest BCUT2D eigenvalue weighted by Crippen LogP contribution is -2.11. The van der Waals surface area contributed by atoms with Gasteiger partial charge in [0.2, 0.25) is 5.78 Å². The number of halogens is 2. The van der Waals surface area contributed by atoms with Crippen molar-refractivity contribution in [2.24, 2.45) is 5.73 Å². The monoisotopic (exact) mass is 177 g/mol. The van der Waals surface area contributed by atoms with E-state index in [4.69, 9.17) is 28.9 Å². The molecule has 0 saturated carbocycles. The molecule has 0 aliphatic heterocycles. The molecule has 54 valence electrons. The minimum atomic E-state index is -0.382. The van der Waals surface area contributed by atoms with Crippen molar-refractivity contribution in [1.82, 2.24) is 0 Å². The van der Waals surface area contributed by atoms with E-state index in [0.717, 1.165) is 0 Å². The molecule has 0 radical (unpaired) electrons. The SMILES string of the molecule is NC1=C(Cl)C(=O)C(Cl)=CC1. The maximum atomic E-state index is 10.9. The van der Waals surface area contributed by atoms with Gasteiger partial charge in [-0.2, -0.15) is 0 Å². The minimum Gasteiger partial charge on any atom is -0.400 e. The van der Waals surface area contributed by atoms with Gasteiger partial charge in [-0.1, -0.05) is 29.3 Å². The highest BCUT2D eigenvalue weighted by molar-refractivity contribution is 6.55. The zero-order valence-corrected chi connectivity index (χ0v) is 6.54. The number of hydrogen-bond acceptors (Lipinski definition) is 2. The summed E-state index contributed by atoms with van der Waals surface area (Å²) in [7, 11) is 0. The van der Waals surface area contributed by atoms with Gasteiger partial charge in [-0.25, -0.2) is 0 Å². The van der Waals surface area contributed by atoms with E-state index in [1.165, 1.54) is 0 Å². The Hall–Kier alpha value is -0.470. The number of carbonyl (C=O) groups excluding carboxylic acids is 1. The summed E-state index contributed by atoms with van der Waals surface area (Å²) in [5.74, 6) is -0.382. The molecule has 0 aromatic heterocycles. The summed E-state index contributed by atoms with van der Waals surface area (Å²) in [5, 5.41) is 0.201. The second-order valence-electron chi connectivity index (χ2n) is 1.92. The zero-order chi connectivity index (χ0) is 7.72. The number of carbonyl (C=O) groups is 1. The lowest BCUT2D eigenvalue weighted by Gasteiger charge is -2.07. The maximum Gasteiger partial charge on any atom is 0.217 e. The first kappa shape index (κ1) is 7.63. The lowest BCUT2D eigenvalue weighted by atomic mass is 10.1. The van der Waals surface area contributed by atoms with E-state index in [9.17, 15) is 4.79 Å². The molecule has 0 heterocycles. The molecular formula is C6H5Cl2NO. The molecule has 10 heavy (non-hydrogen) atoms. The molecule has 2 nitrogen and oxygen atoms in total. The fourth-order valence-corrected chi connectivity index (χ4v) is 1.03. The van der Waals surface area contributed by atoms with E-state index < -0.39 is 0 Å². The van der Waals surface area contributed by atoms with Crippen molar-refractivity contribution in [3.05, 3.63) is 21.8 Å². The van der Waals surface area contributed by atoms with Gasteiger partial charge in [0.05, 0.1) is 5.03 Å². The quantitative estimate of drug-likeness (QED) is 0.610. The van der Waals surface area contributed by atoms with Crippen molar-refractivity contribution < 1.29 is 4.79 Å². The normalized spacial score (nSPS) is 19.4. The van der Waals surface area contributed by atoms with Gasteiger partial charge in [0, 0.05) is 12.1 Å². The first-order chi connectivity index (χ1) is 4.63. The molecule has 0 saturated heterocycles. The molecule has 1 aliphatic rings. The van der Waals surface area contributed by atoms with Crippen molar-refractivity contribution in [2.45, 2.75) is 6.42 Å². The summed E-state index contributed by atoms with van der Waals surface area (Å²) in [5.41, 5.74) is 5.74. The summed E-state index contributed by atoms with van der Waals surface area (Å²) >= 11 is 11.0. The van der Waals surface area contributed by atoms with Gasteiger partial charge in [-0.3, -0.25) is 4.79 Å². The summed E-state index contributed by atoms with van der Waals surface area (Å²) < 4.78 is 0. The Morgan fingerprint density at radius 1 is 1.50 bits per heavy atom. The number of ketones is 1. The standard InChI is InChI=1S/C6H5Cl2NO/c7-3-1-2-4(9)5(8)6(3)10/h1H,2,9H2. The molecule has 0 unspecified atom stereocenters. The molecule has 0 aromatic rings. The predicted molar refractivity (Wildman–Crippen MR) is 40.6 cm³/mol. The first-order valence-electron chi connectivity index (χ1n) is 2.67. The summed E-state index contributed by atoms with van der Waals surface area (Å²) in [6, 6.07) is 0. The average Bonchev–Trinajstić information content (AvgIpc) is 1.93. The number of rotatable bonds is 0. The van der Waals surface area contributed by atoms with Gasteiger partial charge in [-0.05, 0) is 0 Å². The summed E-state index contributed by atoms with van der Waals surface area (Å²) in [6.45, 7) is 0. The van der Waals surface area contributed by atoms with Crippen molar-refractivity contribution in [2.75, 3.05) is 0 Å². The lowest BCUT2D eigenvalue weighted by molar-refractivity contribution is -0.111. The van der Waals surface area contributed by atoms with Gasteiger partial charge in [0.15, 0.2) is 0 Å². The molecule has 0 fully saturated rings. The maximum absolute atomic E-state index is 10.9. The van der Waals surface area contributed by atoms with E-state index >= 15 is 0 Å². The molecule has 4 heteroatoms. The highest BCUT2D eigenvalue weighted by Crippen LogP contribution is 2.23. The van der Waals surface area contributed by atoms with E-state index in [1.54, 1.807) is 6.08 Å². The second kappa shape index (κ2) is 2.64. The van der Waals surface area contributed by atoms with Gasteiger partial charge in [0.25, 0.3) is 0 Å². The average molecular weight is 178 g/mol. The number of allylic oxidation sites excluding steroid dienone is 3. The van der Waals surface area contributed by atoms with Crippen LogP contribution in [0.15, 0.2) is 21.8 Å². The first-order valence-corrected chi connectivity index (χ1v) is 3.43. The van der Waals surface area contributed by atoms with Crippen LogP contribution in [0.1, 0.15) is 6.42 Å². The Morgan fingerprint density at radius 3 is 2.60 bits per heavy atom. The largest absolute Gasteiger partial charge is 0.400 e. The highest BCUT2D eigenvalue weighted by Gasteiger charge is 2.18. The Kier molecular flexibility index (Phi) is 2.02. The van der Waals surface area contributed by atoms with Crippen LogP contribution in [0, 0.1) is 0 Å². The predicted octanol–water partition coefficient (Wildman–Crippen LogP) is 1.49. The van der Waals surface area contributed by atoms with Crippen molar-refractivity contribution in [1.29, 1.82) is 0 Å². The van der Waals surface area contributed by atoms with E-state index in [1.807, 2.05) is 0 Å². The van der Waals surface area contributed by atoms with Crippen LogP contribution in [-0.4, -0.2) is 5.78 Å². The van der Waals surface area contributed by atoms with Crippen molar-refractivity contribution in [3.8, 4) is 0 Å². The van der Waals surface area contributed by atoms with Gasteiger partial charge < -0.3 is 5.73 Å². The fraction of sp³-hybridized carbons (Fsp3) is 0.167. The Balaban J connectivity index is 2.98. The molecule has 0 amide bonds. The van der Waals surface area contributed by atoms with Crippen molar-refractivity contribution in [3.63, 3.8) is 0 Å². The molecule has 0 atom stereocenters. The number of nitrogens with two attached hydrogens (primary N) is 1. The molecule has 1 rings (SSSR count). The third kappa shape index (κ3) is 1.18. The van der Waals surface area contributed by atoms with Crippen molar-refractivity contribution >= 4 is 29.0 Å². The molecule has 0 aromatic carbocycles.